The van der Waals surface area contributed by atoms with Gasteiger partial charge < -0.3 is 4.74 Å². The van der Waals surface area contributed by atoms with E-state index in [0.717, 1.165) is 21.5 Å². The molecule has 0 unspecified atom stereocenters. The molecule has 0 saturated carbocycles. The van der Waals surface area contributed by atoms with Crippen LogP contribution < -0.4 is 4.74 Å². The molecule has 0 atom stereocenters. The van der Waals surface area contributed by atoms with Gasteiger partial charge in [-0.3, -0.25) is 5.10 Å². The van der Waals surface area contributed by atoms with Crippen LogP contribution >= 0.6 is 22.7 Å². The summed E-state index contributed by atoms with van der Waals surface area (Å²) in [5.41, 5.74) is 2.13. The Bertz CT molecular complexity index is 1080. The van der Waals surface area contributed by atoms with Crippen molar-refractivity contribution < 1.29 is 4.74 Å². The molecule has 0 aliphatic rings. The Hall–Kier alpha value is -3.14. The molecule has 0 spiro atoms. The molecule has 0 aliphatic carbocycles. The number of fused-ring (bicyclic) bond motifs is 1. The number of benzene rings is 1. The van der Waals surface area contributed by atoms with Gasteiger partial charge in [0.1, 0.15) is 11.8 Å². The summed E-state index contributed by atoms with van der Waals surface area (Å²) in [5.74, 6) is 0.560. The molecule has 0 fully saturated rings. The van der Waals surface area contributed by atoms with E-state index in [1.165, 1.54) is 4.88 Å². The van der Waals surface area contributed by atoms with Gasteiger partial charge in [-0.15, -0.1) is 22.7 Å². The van der Waals surface area contributed by atoms with E-state index in [-0.39, 0.29) is 0 Å². The first-order valence-electron chi connectivity index (χ1n) is 8.09. The Labute approximate surface area is 165 Å². The van der Waals surface area contributed by atoms with E-state index in [1.54, 1.807) is 35.8 Å². The molecule has 1 N–H and O–H groups in total. The number of hydrogen-bond acceptors (Lipinski definition) is 5. The highest BCUT2D eigenvalue weighted by Crippen LogP contribution is 2.31. The lowest BCUT2D eigenvalue weighted by molar-refractivity contribution is 0.418. The van der Waals surface area contributed by atoms with Crippen LogP contribution in [0.4, 0.5) is 0 Å². The molecule has 4 aromatic rings. The van der Waals surface area contributed by atoms with Gasteiger partial charge >= 0.3 is 0 Å². The maximum absolute atomic E-state index is 9.14. The minimum absolute atomic E-state index is 0.507. The molecule has 0 radical (unpaired) electrons. The number of aromatic nitrogens is 2. The predicted octanol–water partition coefficient (Wildman–Crippen LogP) is 6.07. The SMILES string of the molecule is C=Cc1cccs1.COc1c(C#N)ccc2n[nH]c(C=Cc3cccs3)c12. The molecule has 0 bridgehead atoms. The van der Waals surface area contributed by atoms with Crippen LogP contribution in [0.2, 0.25) is 0 Å². The molecule has 3 aromatic heterocycles. The molecule has 27 heavy (non-hydrogen) atoms. The van der Waals surface area contributed by atoms with Crippen LogP contribution in [0.1, 0.15) is 21.0 Å². The maximum atomic E-state index is 9.14. The Morgan fingerprint density at radius 1 is 1.11 bits per heavy atom. The van der Waals surface area contributed by atoms with Crippen molar-refractivity contribution in [3.05, 3.63) is 74.7 Å². The number of hydrogen-bond donors (Lipinski definition) is 1. The third-order valence-corrected chi connectivity index (χ3v) is 5.43. The summed E-state index contributed by atoms with van der Waals surface area (Å²) in [5, 5.41) is 21.3. The van der Waals surface area contributed by atoms with Gasteiger partial charge in [0.2, 0.25) is 0 Å². The number of nitrogens with zero attached hydrogens (tertiary/aromatic N) is 2. The van der Waals surface area contributed by atoms with E-state index in [0.29, 0.717) is 11.3 Å². The zero-order valence-corrected chi connectivity index (χ0v) is 16.3. The first kappa shape index (κ1) is 18.6. The molecule has 4 rings (SSSR count). The fraction of sp³-hybridized carbons (Fsp3) is 0.0476. The van der Waals surface area contributed by atoms with Gasteiger partial charge in [0.25, 0.3) is 0 Å². The van der Waals surface area contributed by atoms with E-state index < -0.39 is 0 Å². The van der Waals surface area contributed by atoms with Crippen LogP contribution in [-0.2, 0) is 0 Å². The minimum Gasteiger partial charge on any atom is -0.495 e. The molecule has 134 valence electrons. The maximum Gasteiger partial charge on any atom is 0.148 e. The average molecular weight is 392 g/mol. The zero-order chi connectivity index (χ0) is 19.1. The van der Waals surface area contributed by atoms with Gasteiger partial charge in [0.05, 0.1) is 29.3 Å². The fourth-order valence-electron chi connectivity index (χ4n) is 2.48. The molecular formula is C21H17N3OS2. The smallest absolute Gasteiger partial charge is 0.148 e. The number of rotatable bonds is 4. The van der Waals surface area contributed by atoms with E-state index >= 15 is 0 Å². The van der Waals surface area contributed by atoms with Gasteiger partial charge in [-0.1, -0.05) is 24.8 Å². The number of ether oxygens (including phenoxy) is 1. The third kappa shape index (κ3) is 4.34. The molecule has 1 aromatic carbocycles. The van der Waals surface area contributed by atoms with Crippen LogP contribution in [0.5, 0.6) is 5.75 Å². The van der Waals surface area contributed by atoms with Gasteiger partial charge in [0.15, 0.2) is 0 Å². The Morgan fingerprint density at radius 2 is 1.85 bits per heavy atom. The first-order chi connectivity index (χ1) is 13.3. The lowest BCUT2D eigenvalue weighted by Crippen LogP contribution is -1.89. The van der Waals surface area contributed by atoms with Crippen molar-refractivity contribution in [2.24, 2.45) is 0 Å². The monoisotopic (exact) mass is 391 g/mol. The number of aromatic amines is 1. The summed E-state index contributed by atoms with van der Waals surface area (Å²) >= 11 is 3.37. The quantitative estimate of drug-likeness (QED) is 0.459. The molecule has 4 nitrogen and oxygen atoms in total. The second kappa shape index (κ2) is 8.99. The van der Waals surface area contributed by atoms with Crippen molar-refractivity contribution in [1.29, 1.82) is 5.26 Å². The summed E-state index contributed by atoms with van der Waals surface area (Å²) in [6, 6.07) is 13.8. The summed E-state index contributed by atoms with van der Waals surface area (Å²) in [6.45, 7) is 3.61. The van der Waals surface area contributed by atoms with E-state index in [9.17, 15) is 0 Å². The van der Waals surface area contributed by atoms with Crippen molar-refractivity contribution >= 4 is 51.8 Å². The van der Waals surface area contributed by atoms with Gasteiger partial charge in [-0.25, -0.2) is 0 Å². The number of thiophene rings is 2. The molecular weight excluding hydrogens is 374 g/mol. The lowest BCUT2D eigenvalue weighted by atomic mass is 10.1. The standard InChI is InChI=1S/C15H11N3OS.C6H6S/c1-19-15-10(9-16)4-6-12-14(15)13(18-17-12)7-5-11-3-2-8-20-11;1-2-6-4-3-5-7-6/h2-8H,1H3,(H,17,18);2-5H,1H2. The number of H-pyrrole nitrogens is 1. The Morgan fingerprint density at radius 3 is 2.41 bits per heavy atom. The first-order valence-corrected chi connectivity index (χ1v) is 9.85. The highest BCUT2D eigenvalue weighted by atomic mass is 32.1. The van der Waals surface area contributed by atoms with Crippen LogP contribution in [0.3, 0.4) is 0 Å². The summed E-state index contributed by atoms with van der Waals surface area (Å²) < 4.78 is 5.37. The lowest BCUT2D eigenvalue weighted by Gasteiger charge is -2.04. The largest absolute Gasteiger partial charge is 0.495 e. The molecule has 0 amide bonds. The van der Waals surface area contributed by atoms with Gasteiger partial charge in [0, 0.05) is 9.75 Å². The summed E-state index contributed by atoms with van der Waals surface area (Å²) in [7, 11) is 1.56. The van der Waals surface area contributed by atoms with Crippen LogP contribution in [-0.4, -0.2) is 17.3 Å². The van der Waals surface area contributed by atoms with E-state index in [4.69, 9.17) is 10.00 Å². The van der Waals surface area contributed by atoms with Crippen LogP contribution in [0.25, 0.3) is 29.1 Å². The topological polar surface area (TPSA) is 61.7 Å². The van der Waals surface area contributed by atoms with Crippen LogP contribution in [0.15, 0.2) is 53.7 Å². The van der Waals surface area contributed by atoms with E-state index in [1.807, 2.05) is 59.3 Å². The van der Waals surface area contributed by atoms with Crippen LogP contribution in [0, 0.1) is 11.3 Å². The third-order valence-electron chi connectivity index (χ3n) is 3.73. The highest BCUT2D eigenvalue weighted by Gasteiger charge is 2.13. The Kier molecular flexibility index (Phi) is 6.21. The van der Waals surface area contributed by atoms with Gasteiger partial charge in [-0.2, -0.15) is 10.4 Å². The second-order valence-corrected chi connectivity index (χ2v) is 7.32. The summed E-state index contributed by atoms with van der Waals surface area (Å²) in [4.78, 5) is 2.39. The van der Waals surface area contributed by atoms with Gasteiger partial charge in [-0.05, 0) is 47.2 Å². The fourth-order valence-corrected chi connectivity index (χ4v) is 3.67. The van der Waals surface area contributed by atoms with Crippen molar-refractivity contribution in [2.45, 2.75) is 0 Å². The molecule has 0 saturated heterocycles. The molecule has 0 aliphatic heterocycles. The predicted molar refractivity (Wildman–Crippen MR) is 115 cm³/mol. The number of nitrogens with one attached hydrogen (secondary N) is 1. The minimum atomic E-state index is 0.507. The van der Waals surface area contributed by atoms with E-state index in [2.05, 4.69) is 22.8 Å². The second-order valence-electron chi connectivity index (χ2n) is 5.36. The molecule has 3 heterocycles. The van der Waals surface area contributed by atoms with Crippen molar-refractivity contribution in [3.63, 3.8) is 0 Å². The number of nitriles is 1. The Balaban J connectivity index is 0.000000253. The van der Waals surface area contributed by atoms with Crippen molar-refractivity contribution in [1.82, 2.24) is 10.2 Å². The summed E-state index contributed by atoms with van der Waals surface area (Å²) in [6.07, 6.45) is 5.81. The number of methoxy groups -OCH3 is 1. The van der Waals surface area contributed by atoms with Crippen molar-refractivity contribution in [2.75, 3.05) is 7.11 Å². The van der Waals surface area contributed by atoms with Crippen molar-refractivity contribution in [3.8, 4) is 11.8 Å². The highest BCUT2D eigenvalue weighted by molar-refractivity contribution is 7.11. The zero-order valence-electron chi connectivity index (χ0n) is 14.7. The average Bonchev–Trinajstić information content (AvgIpc) is 3.47. The normalized spacial score (nSPS) is 10.4. The molecule has 6 heteroatoms.